The third-order valence-corrected chi connectivity index (χ3v) is 7.91. The largest absolute Gasteiger partial charge is 0.354 e. The standard InChI is InChI=1S/C27H27N5O6S/c1-4-39(37,38)31(17-24(33)30(2)3)20-12-10-19(11-13-20)28-26(18-8-6-5-7-9-18)25-22-16-21(32(35)36)14-15-23(22)29-27(25)34/h5-16,28H,4,17H2,1-3H3,(H,29,34). The quantitative estimate of drug-likeness (QED) is 0.235. The number of non-ortho nitro benzene ring substituents is 1. The van der Waals surface area contributed by atoms with E-state index in [-0.39, 0.29) is 29.5 Å². The third kappa shape index (κ3) is 5.75. The van der Waals surface area contributed by atoms with E-state index in [1.165, 1.54) is 30.0 Å². The molecular weight excluding hydrogens is 522 g/mol. The average molecular weight is 550 g/mol. The predicted molar refractivity (Wildman–Crippen MR) is 151 cm³/mol. The summed E-state index contributed by atoms with van der Waals surface area (Å²) in [5.74, 6) is -0.972. The van der Waals surface area contributed by atoms with Gasteiger partial charge in [0, 0.05) is 43.2 Å². The molecular formula is C27H27N5O6S. The maximum Gasteiger partial charge on any atom is 0.270 e. The van der Waals surface area contributed by atoms with E-state index in [1.54, 1.807) is 62.6 Å². The molecule has 4 rings (SSSR count). The van der Waals surface area contributed by atoms with Gasteiger partial charge in [0.05, 0.1) is 27.6 Å². The first kappa shape index (κ1) is 27.3. The van der Waals surface area contributed by atoms with Crippen molar-refractivity contribution >= 4 is 55.9 Å². The molecule has 3 aromatic carbocycles. The number of sulfonamides is 1. The summed E-state index contributed by atoms with van der Waals surface area (Å²) in [6.07, 6.45) is 0. The second kappa shape index (κ2) is 11.0. The molecule has 0 bridgehead atoms. The van der Waals surface area contributed by atoms with Crippen LogP contribution >= 0.6 is 0 Å². The second-order valence-electron chi connectivity index (χ2n) is 8.92. The van der Waals surface area contributed by atoms with Gasteiger partial charge in [0.25, 0.3) is 11.6 Å². The molecule has 1 aliphatic heterocycles. The highest BCUT2D eigenvalue weighted by Crippen LogP contribution is 2.39. The maximum absolute atomic E-state index is 13.1. The van der Waals surface area contributed by atoms with Gasteiger partial charge >= 0.3 is 0 Å². The normalized spacial score (nSPS) is 13.8. The molecule has 0 aliphatic carbocycles. The number of nitrogens with one attached hydrogen (secondary N) is 2. The molecule has 0 saturated carbocycles. The van der Waals surface area contributed by atoms with E-state index >= 15 is 0 Å². The number of benzene rings is 3. The van der Waals surface area contributed by atoms with Crippen LogP contribution in [0.2, 0.25) is 0 Å². The zero-order valence-corrected chi connectivity index (χ0v) is 22.4. The number of rotatable bonds is 9. The number of carbonyl (C=O) groups is 2. The number of nitro groups is 1. The Bertz CT molecular complexity index is 1570. The summed E-state index contributed by atoms with van der Waals surface area (Å²) >= 11 is 0. The Morgan fingerprint density at radius 1 is 1.03 bits per heavy atom. The van der Waals surface area contributed by atoms with Crippen molar-refractivity contribution in [2.45, 2.75) is 6.92 Å². The van der Waals surface area contributed by atoms with E-state index in [9.17, 15) is 28.1 Å². The molecule has 0 aromatic heterocycles. The number of fused-ring (bicyclic) bond motifs is 1. The van der Waals surface area contributed by atoms with Crippen LogP contribution in [0.5, 0.6) is 0 Å². The zero-order valence-electron chi connectivity index (χ0n) is 21.5. The molecule has 1 aliphatic rings. The lowest BCUT2D eigenvalue weighted by molar-refractivity contribution is -0.384. The van der Waals surface area contributed by atoms with Gasteiger partial charge in [0.15, 0.2) is 0 Å². The molecule has 0 atom stereocenters. The van der Waals surface area contributed by atoms with Gasteiger partial charge in [-0.05, 0) is 42.8 Å². The Morgan fingerprint density at radius 3 is 2.28 bits per heavy atom. The van der Waals surface area contributed by atoms with Crippen LogP contribution in [0.15, 0.2) is 72.8 Å². The van der Waals surface area contributed by atoms with E-state index in [4.69, 9.17) is 0 Å². The molecule has 0 spiro atoms. The van der Waals surface area contributed by atoms with E-state index in [1.807, 2.05) is 6.07 Å². The van der Waals surface area contributed by atoms with Crippen molar-refractivity contribution in [1.29, 1.82) is 0 Å². The summed E-state index contributed by atoms with van der Waals surface area (Å²) in [7, 11) is -0.633. The highest BCUT2D eigenvalue weighted by molar-refractivity contribution is 7.92. The van der Waals surface area contributed by atoms with Crippen molar-refractivity contribution in [3.63, 3.8) is 0 Å². The topological polar surface area (TPSA) is 142 Å². The van der Waals surface area contributed by atoms with Crippen LogP contribution < -0.4 is 14.9 Å². The number of hydrogen-bond donors (Lipinski definition) is 2. The summed E-state index contributed by atoms with van der Waals surface area (Å²) in [5.41, 5.74) is 2.85. The van der Waals surface area contributed by atoms with Crippen molar-refractivity contribution in [3.05, 3.63) is 94.0 Å². The second-order valence-corrected chi connectivity index (χ2v) is 11.1. The van der Waals surface area contributed by atoms with Crippen LogP contribution in [-0.2, 0) is 19.6 Å². The average Bonchev–Trinajstić information content (AvgIpc) is 3.25. The summed E-state index contributed by atoms with van der Waals surface area (Å²) < 4.78 is 26.6. The molecule has 1 heterocycles. The fraction of sp³-hybridized carbons (Fsp3) is 0.185. The Balaban J connectivity index is 1.77. The lowest BCUT2D eigenvalue weighted by Crippen LogP contribution is -2.41. The van der Waals surface area contributed by atoms with E-state index in [0.717, 1.165) is 4.31 Å². The number of hydrogen-bond acceptors (Lipinski definition) is 7. The number of nitrogens with zero attached hydrogens (tertiary/aromatic N) is 3. The Kier molecular flexibility index (Phi) is 7.68. The smallest absolute Gasteiger partial charge is 0.270 e. The molecule has 12 heteroatoms. The molecule has 0 fully saturated rings. The number of amides is 2. The third-order valence-electron chi connectivity index (χ3n) is 6.17. The van der Waals surface area contributed by atoms with Crippen molar-refractivity contribution in [2.75, 3.05) is 41.3 Å². The van der Waals surface area contributed by atoms with Crippen molar-refractivity contribution < 1.29 is 22.9 Å². The maximum atomic E-state index is 13.1. The van der Waals surface area contributed by atoms with Gasteiger partial charge in [-0.15, -0.1) is 0 Å². The van der Waals surface area contributed by atoms with Crippen molar-refractivity contribution in [2.24, 2.45) is 0 Å². The minimum absolute atomic E-state index is 0.149. The van der Waals surface area contributed by atoms with Gasteiger partial charge in [-0.2, -0.15) is 0 Å². The lowest BCUT2D eigenvalue weighted by Gasteiger charge is -2.25. The summed E-state index contributed by atoms with van der Waals surface area (Å²) in [6, 6.07) is 19.6. The van der Waals surface area contributed by atoms with E-state index < -0.39 is 20.9 Å². The zero-order chi connectivity index (χ0) is 28.3. The Labute approximate surface area is 225 Å². The van der Waals surface area contributed by atoms with Gasteiger partial charge in [0.2, 0.25) is 15.9 Å². The number of anilines is 3. The summed E-state index contributed by atoms with van der Waals surface area (Å²) in [5, 5.41) is 17.4. The minimum atomic E-state index is -3.74. The fourth-order valence-corrected chi connectivity index (χ4v) is 5.09. The van der Waals surface area contributed by atoms with Crippen LogP contribution in [0, 0.1) is 10.1 Å². The lowest BCUT2D eigenvalue weighted by atomic mass is 9.99. The molecule has 0 saturated heterocycles. The highest BCUT2D eigenvalue weighted by Gasteiger charge is 2.30. The first-order valence-corrected chi connectivity index (χ1v) is 13.6. The van der Waals surface area contributed by atoms with Gasteiger partial charge < -0.3 is 15.5 Å². The number of nitro benzene ring substituents is 1. The first-order valence-electron chi connectivity index (χ1n) is 12.0. The van der Waals surface area contributed by atoms with E-state index in [0.29, 0.717) is 33.9 Å². The summed E-state index contributed by atoms with van der Waals surface area (Å²) in [6.45, 7) is 1.16. The van der Waals surface area contributed by atoms with Crippen LogP contribution in [0.4, 0.5) is 22.7 Å². The predicted octanol–water partition coefficient (Wildman–Crippen LogP) is 3.77. The minimum Gasteiger partial charge on any atom is -0.354 e. The van der Waals surface area contributed by atoms with Gasteiger partial charge in [-0.3, -0.25) is 24.0 Å². The highest BCUT2D eigenvalue weighted by atomic mass is 32.2. The molecule has 39 heavy (non-hydrogen) atoms. The molecule has 0 radical (unpaired) electrons. The van der Waals surface area contributed by atoms with E-state index in [2.05, 4.69) is 10.6 Å². The SMILES string of the molecule is CCS(=O)(=O)N(CC(=O)N(C)C)c1ccc(NC(=C2C(=O)Nc3ccc([N+](=O)[O-])cc32)c2ccccc2)cc1. The van der Waals surface area contributed by atoms with Crippen LogP contribution in [0.1, 0.15) is 18.1 Å². The molecule has 2 amide bonds. The monoisotopic (exact) mass is 549 g/mol. The summed E-state index contributed by atoms with van der Waals surface area (Å²) in [4.78, 5) is 37.6. The molecule has 0 unspecified atom stereocenters. The Morgan fingerprint density at radius 2 is 1.69 bits per heavy atom. The van der Waals surface area contributed by atoms with Crippen LogP contribution in [0.25, 0.3) is 11.3 Å². The van der Waals surface area contributed by atoms with Crippen molar-refractivity contribution in [3.8, 4) is 0 Å². The first-order chi connectivity index (χ1) is 18.5. The molecule has 3 aromatic rings. The van der Waals surface area contributed by atoms with Gasteiger partial charge in [-0.25, -0.2) is 8.42 Å². The van der Waals surface area contributed by atoms with Crippen molar-refractivity contribution in [1.82, 2.24) is 4.90 Å². The number of carbonyl (C=O) groups excluding carboxylic acids is 2. The molecule has 11 nitrogen and oxygen atoms in total. The molecule has 202 valence electrons. The van der Waals surface area contributed by atoms with Crippen LogP contribution in [0.3, 0.4) is 0 Å². The fourth-order valence-electron chi connectivity index (χ4n) is 4.03. The molecule has 2 N–H and O–H groups in total. The number of likely N-dealkylation sites (N-methyl/N-ethyl adjacent to an activating group) is 1. The van der Waals surface area contributed by atoms with Crippen LogP contribution in [-0.4, -0.2) is 56.4 Å². The van der Waals surface area contributed by atoms with Gasteiger partial charge in [0.1, 0.15) is 6.54 Å². The Hall–Kier alpha value is -4.71. The van der Waals surface area contributed by atoms with Gasteiger partial charge in [-0.1, -0.05) is 30.3 Å².